The highest BCUT2D eigenvalue weighted by Crippen LogP contribution is 2.39. The minimum absolute atomic E-state index is 0. The molecule has 45 heteroatoms. The Morgan fingerprint density at radius 3 is 1.25 bits per heavy atom. The van der Waals surface area contributed by atoms with Crippen molar-refractivity contribution < 1.29 is 51.0 Å². The van der Waals surface area contributed by atoms with E-state index in [4.69, 9.17) is 39.9 Å². The molecule has 0 bridgehead atoms. The van der Waals surface area contributed by atoms with Crippen molar-refractivity contribution in [2.45, 2.75) is 166 Å². The lowest BCUT2D eigenvalue weighted by Crippen LogP contribution is -2.48. The summed E-state index contributed by atoms with van der Waals surface area (Å²) in [4.78, 5) is 83.3. The predicted octanol–water partition coefficient (Wildman–Crippen LogP) is 16.7. The van der Waals surface area contributed by atoms with Gasteiger partial charge in [0, 0.05) is 208 Å². The Balaban J connectivity index is 0.000000140. The van der Waals surface area contributed by atoms with E-state index in [-0.39, 0.29) is 65.5 Å². The van der Waals surface area contributed by atoms with Crippen LogP contribution in [0.25, 0.3) is 27.7 Å². The Morgan fingerprint density at radius 1 is 0.449 bits per heavy atom. The first kappa shape index (κ1) is 101. The van der Waals surface area contributed by atoms with Crippen LogP contribution in [0.15, 0.2) is 229 Å². The summed E-state index contributed by atoms with van der Waals surface area (Å²) in [6, 6.07) is 26.1. The lowest BCUT2D eigenvalue weighted by Gasteiger charge is -2.35. The largest absolute Gasteiger partial charge is 0.498 e. The van der Waals surface area contributed by atoms with Crippen LogP contribution in [0.4, 0.5) is 52.2 Å². The molecule has 2 atom stereocenters. The fourth-order valence-corrected chi connectivity index (χ4v) is 18.8. The summed E-state index contributed by atoms with van der Waals surface area (Å²) in [7, 11) is -0.440. The standard InChI is InChI=1S/C33H37FN10O3S.C20H17BrFN7S.C19H32BN3O5.C15H16FN3S.C6H3BrClN3.ClH/c1-33(2,3)47-32(45)42-12-13-46-25(20-42)21-43-18-24(15-38-43)23-14-28-30(37-22-39-44(28)19-23)40-8-10-41(11-9-40)31-35-16-26(17-36-31)48-29-7-5-4-6-27(29)34;21-14-9-17-19(25-13-26-29(17)12-14)27-5-7-28(8-6-27)20-23-10-15(11-24-20)30-18-4-2-1-3-16(18)22;1-17(2,3)26-16(24)22-8-9-25-15(12-22)13-23-11-14(10-21-23)20-27-18(4,5)19(6,7)28-20;16-13-6-2-3-7-14(13)20-12-10-17-15(18-11-12)19-8-4-1-5-9-19;7-4-1-5-6(8)9-3-10-11(5)2-4;/h4-7,14-19,22,25H,8-13,20-21H2,1-3H3;1-4,9-13H,5-8H2;10-11,15H,8-9,12-13H2,1-7H3;2-3,6-7,10-11H,1,4-5,8-9H2;1-3H;1H/t25-;;15-;;;/m0.0.../s1. The number of anilines is 5. The zero-order valence-electron chi connectivity index (χ0n) is 77.8. The van der Waals surface area contributed by atoms with Gasteiger partial charge in [-0.15, -0.1) is 12.4 Å². The highest BCUT2D eigenvalue weighted by molar-refractivity contribution is 9.10. The number of halogens is 7. The molecule has 3 aromatic carbocycles. The number of benzene rings is 3. The van der Waals surface area contributed by atoms with Crippen LogP contribution in [0.1, 0.15) is 88.5 Å². The fraction of sp³-hybridized carbons (Fsp3) is 0.398. The van der Waals surface area contributed by atoms with Gasteiger partial charge in [-0.2, -0.15) is 25.5 Å². The molecule has 0 saturated carbocycles. The Kier molecular flexibility index (Phi) is 33.4. The Morgan fingerprint density at radius 2 is 0.826 bits per heavy atom. The molecular formula is C93H106BBr2Cl2F3N26O8S3. The molecule has 17 heterocycles. The second kappa shape index (κ2) is 45.5. The van der Waals surface area contributed by atoms with Gasteiger partial charge in [-0.3, -0.25) is 9.36 Å². The van der Waals surface area contributed by atoms with E-state index in [2.05, 4.69) is 133 Å². The highest BCUT2D eigenvalue weighted by atomic mass is 79.9. The number of amides is 2. The SMILES string of the molecule is CC(C)(C)OC(=O)N1CCO[C@H](Cn2cc(-c3cc4c(N5CCN(c6ncc(Sc7ccccc7F)cn6)CC5)ncnn4c3)cn2)C1.CC(C)(C)OC(=O)N1CCO[C@H](Cn2cc(B3OC(C)(C)C(C)(C)O3)cn2)C1.Cl.Clc1ncnn2cc(Br)cc12.Fc1ccccc1Sc1cnc(N2CCCCC2)nc1.Fc1ccccc1Sc1cnc(N2CCN(c3ncnn4cc(Br)cc34)CC2)nc1. The van der Waals surface area contributed by atoms with Crippen LogP contribution in [-0.2, 0) is 41.3 Å². The predicted molar refractivity (Wildman–Crippen MR) is 533 cm³/mol. The summed E-state index contributed by atoms with van der Waals surface area (Å²) >= 11 is 16.6. The third-order valence-corrected chi connectivity index (χ3v) is 27.1. The molecule has 6 fully saturated rings. The van der Waals surface area contributed by atoms with Gasteiger partial charge in [-0.1, -0.05) is 83.3 Å². The maximum absolute atomic E-state index is 14.0. The number of rotatable bonds is 17. The van der Waals surface area contributed by atoms with Crippen molar-refractivity contribution in [3.63, 3.8) is 0 Å². The summed E-state index contributed by atoms with van der Waals surface area (Å²) in [5, 5.41) is 22.1. The van der Waals surface area contributed by atoms with Gasteiger partial charge >= 0.3 is 19.3 Å². The van der Waals surface area contributed by atoms with Crippen molar-refractivity contribution in [2.75, 3.05) is 129 Å². The molecule has 138 heavy (non-hydrogen) atoms. The zero-order chi connectivity index (χ0) is 96.1. The quantitative estimate of drug-likeness (QED) is 0.0764. The number of aromatic nitrogens is 19. The van der Waals surface area contributed by atoms with Crippen LogP contribution < -0.4 is 30.0 Å². The molecule has 0 radical (unpaired) electrons. The van der Waals surface area contributed by atoms with Crippen molar-refractivity contribution in [3.05, 3.63) is 222 Å². The molecule has 726 valence electrons. The normalized spacial score (nSPS) is 17.2. The van der Waals surface area contributed by atoms with E-state index < -0.39 is 18.3 Å². The fourth-order valence-electron chi connectivity index (χ4n) is 15.4. The van der Waals surface area contributed by atoms with Gasteiger partial charge in [0.2, 0.25) is 17.8 Å². The second-order valence-electron chi connectivity index (χ2n) is 35.9. The molecule has 0 spiro atoms. The average Bonchev–Trinajstić information content (AvgIpc) is 1.62. The number of carbonyl (C=O) groups is 2. The third-order valence-electron chi connectivity index (χ3n) is 23.0. The first-order chi connectivity index (χ1) is 65.8. The summed E-state index contributed by atoms with van der Waals surface area (Å²) in [5.41, 5.74) is 3.65. The van der Waals surface area contributed by atoms with Gasteiger partial charge in [0.25, 0.3) is 0 Å². The lowest BCUT2D eigenvalue weighted by molar-refractivity contribution is -0.0484. The van der Waals surface area contributed by atoms with Crippen molar-refractivity contribution in [1.29, 1.82) is 0 Å². The summed E-state index contributed by atoms with van der Waals surface area (Å²) < 4.78 is 87.3. The van der Waals surface area contributed by atoms with Gasteiger partial charge < -0.3 is 62.6 Å². The van der Waals surface area contributed by atoms with Crippen molar-refractivity contribution in [1.82, 2.24) is 103 Å². The van der Waals surface area contributed by atoms with Crippen molar-refractivity contribution in [2.24, 2.45) is 0 Å². The smallest absolute Gasteiger partial charge is 0.444 e. The van der Waals surface area contributed by atoms with E-state index in [0.29, 0.717) is 84.2 Å². The van der Waals surface area contributed by atoms with E-state index in [1.54, 1.807) is 107 Å². The molecule has 20 rings (SSSR count). The minimum atomic E-state index is -0.545. The Labute approximate surface area is 838 Å². The summed E-state index contributed by atoms with van der Waals surface area (Å²) in [5.74, 6) is 3.19. The molecular weight excluding hydrogens is 2000 g/mol. The van der Waals surface area contributed by atoms with Crippen LogP contribution >= 0.6 is 91.2 Å². The number of carbonyl (C=O) groups excluding carboxylic acids is 2. The van der Waals surface area contributed by atoms with Gasteiger partial charge in [-0.25, -0.2) is 81.2 Å². The number of hydrogen-bond acceptors (Lipinski definition) is 30. The zero-order valence-corrected chi connectivity index (χ0v) is 85.0. The molecule has 6 saturated heterocycles. The molecule has 0 N–H and O–H groups in total. The van der Waals surface area contributed by atoms with Crippen LogP contribution in [-0.4, -0.2) is 262 Å². The number of fused-ring (bicyclic) bond motifs is 3. The number of ether oxygens (including phenoxy) is 4. The van der Waals surface area contributed by atoms with Crippen LogP contribution in [0.5, 0.6) is 0 Å². The number of piperidine rings is 1. The van der Waals surface area contributed by atoms with Crippen LogP contribution in [0.2, 0.25) is 5.15 Å². The van der Waals surface area contributed by atoms with E-state index in [1.807, 2.05) is 155 Å². The molecule has 0 aliphatic carbocycles. The Bertz CT molecular complexity index is 6410. The van der Waals surface area contributed by atoms with Gasteiger partial charge in [0.05, 0.1) is 69.0 Å². The van der Waals surface area contributed by atoms with E-state index in [0.717, 1.165) is 140 Å². The molecule has 14 aromatic rings. The number of morpholine rings is 2. The van der Waals surface area contributed by atoms with E-state index in [9.17, 15) is 22.8 Å². The number of hydrogen-bond donors (Lipinski definition) is 0. The molecule has 0 unspecified atom stereocenters. The van der Waals surface area contributed by atoms with Crippen LogP contribution in [0, 0.1) is 17.5 Å². The van der Waals surface area contributed by atoms with Gasteiger partial charge in [0.1, 0.15) is 64.2 Å². The summed E-state index contributed by atoms with van der Waals surface area (Å²) in [6.45, 7) is 31.4. The molecule has 34 nitrogen and oxygen atoms in total. The minimum Gasteiger partial charge on any atom is -0.444 e. The first-order valence-corrected chi connectivity index (χ1v) is 49.3. The van der Waals surface area contributed by atoms with Gasteiger partial charge in [-0.05, 0) is 175 Å². The van der Waals surface area contributed by atoms with Crippen LogP contribution in [0.3, 0.4) is 0 Å². The monoisotopic (exact) mass is 2110 g/mol. The molecule has 6 aliphatic rings. The maximum Gasteiger partial charge on any atom is 0.498 e. The molecule has 6 aliphatic heterocycles. The summed E-state index contributed by atoms with van der Waals surface area (Å²) in [6.07, 6.45) is 31.0. The maximum atomic E-state index is 14.0. The number of piperazine rings is 2. The lowest BCUT2D eigenvalue weighted by atomic mass is 9.82. The van der Waals surface area contributed by atoms with E-state index >= 15 is 0 Å². The van der Waals surface area contributed by atoms with Gasteiger partial charge in [0.15, 0.2) is 16.8 Å². The second-order valence-corrected chi connectivity index (χ2v) is 41.4. The topological polar surface area (TPSA) is 316 Å². The van der Waals surface area contributed by atoms with Crippen molar-refractivity contribution >= 4 is 162 Å². The van der Waals surface area contributed by atoms with E-state index in [1.165, 1.54) is 79.1 Å². The van der Waals surface area contributed by atoms with Crippen molar-refractivity contribution in [3.8, 4) is 11.1 Å². The average molecular weight is 2110 g/mol. The molecule has 2 amide bonds. The highest BCUT2D eigenvalue weighted by Gasteiger charge is 2.52. The Hall–Kier alpha value is -11.0. The number of nitrogens with zero attached hydrogens (tertiary/aromatic N) is 26. The third kappa shape index (κ3) is 26.6. The molecule has 11 aromatic heterocycles. The first-order valence-electron chi connectivity index (χ1n) is 44.9.